The number of amides is 2. The number of anilines is 1. The zero-order chi connectivity index (χ0) is 22.0. The molecule has 10 heteroatoms. The summed E-state index contributed by atoms with van der Waals surface area (Å²) in [6, 6.07) is 11.5. The van der Waals surface area contributed by atoms with E-state index < -0.39 is 11.7 Å². The van der Waals surface area contributed by atoms with Gasteiger partial charge in [-0.3, -0.25) is 0 Å². The number of hydrogen-bond acceptors (Lipinski definition) is 4. The maximum Gasteiger partial charge on any atom is 0.416 e. The Kier molecular flexibility index (Phi) is 5.99. The maximum atomic E-state index is 12.7. The summed E-state index contributed by atoms with van der Waals surface area (Å²) in [5.74, 6) is 0.836. The van der Waals surface area contributed by atoms with Crippen LogP contribution in [0.5, 0.6) is 0 Å². The van der Waals surface area contributed by atoms with Crippen LogP contribution < -0.4 is 5.32 Å². The average molecular weight is 495 g/mol. The zero-order valence-corrected chi connectivity index (χ0v) is 17.8. The third-order valence-electron chi connectivity index (χ3n) is 5.07. The van der Waals surface area contributed by atoms with Gasteiger partial charge in [0.15, 0.2) is 0 Å². The molecule has 2 heterocycles. The van der Waals surface area contributed by atoms with Crippen LogP contribution in [0.15, 0.2) is 57.5 Å². The van der Waals surface area contributed by atoms with Gasteiger partial charge in [-0.1, -0.05) is 21.1 Å². The number of urea groups is 1. The van der Waals surface area contributed by atoms with E-state index in [4.69, 9.17) is 4.52 Å². The minimum atomic E-state index is -4.41. The number of nitrogens with zero attached hydrogens (tertiary/aromatic N) is 3. The van der Waals surface area contributed by atoms with Crippen LogP contribution in [0.2, 0.25) is 0 Å². The summed E-state index contributed by atoms with van der Waals surface area (Å²) in [6.45, 7) is 0.922. The number of carbonyl (C=O) groups excluding carboxylic acids is 1. The molecule has 0 bridgehead atoms. The van der Waals surface area contributed by atoms with Crippen LogP contribution in [-0.2, 0) is 6.18 Å². The van der Waals surface area contributed by atoms with Gasteiger partial charge in [-0.25, -0.2) is 4.79 Å². The molecule has 3 aromatic rings. The Morgan fingerprint density at radius 2 is 1.84 bits per heavy atom. The Morgan fingerprint density at radius 1 is 1.13 bits per heavy atom. The molecule has 1 aromatic heterocycles. The van der Waals surface area contributed by atoms with Crippen molar-refractivity contribution < 1.29 is 22.5 Å². The second-order valence-corrected chi connectivity index (χ2v) is 8.17. The van der Waals surface area contributed by atoms with Crippen LogP contribution in [0, 0.1) is 0 Å². The second kappa shape index (κ2) is 8.70. The Morgan fingerprint density at radius 3 is 2.52 bits per heavy atom. The Bertz CT molecular complexity index is 1050. The number of benzene rings is 2. The monoisotopic (exact) mass is 494 g/mol. The number of halogens is 4. The molecule has 0 spiro atoms. The average Bonchev–Trinajstić information content (AvgIpc) is 3.24. The Balaban J connectivity index is 1.40. The van der Waals surface area contributed by atoms with E-state index in [0.717, 1.165) is 35.0 Å². The molecule has 1 saturated heterocycles. The van der Waals surface area contributed by atoms with Crippen LogP contribution >= 0.6 is 15.9 Å². The molecule has 0 aliphatic carbocycles. The predicted molar refractivity (Wildman–Crippen MR) is 111 cm³/mol. The van der Waals surface area contributed by atoms with Gasteiger partial charge in [0.05, 0.1) is 11.5 Å². The van der Waals surface area contributed by atoms with E-state index in [1.165, 1.54) is 12.1 Å². The van der Waals surface area contributed by atoms with E-state index in [2.05, 4.69) is 31.4 Å². The maximum absolute atomic E-state index is 12.7. The molecule has 0 saturated carbocycles. The van der Waals surface area contributed by atoms with Crippen molar-refractivity contribution in [2.75, 3.05) is 18.4 Å². The number of hydrogen-bond donors (Lipinski definition) is 1. The van der Waals surface area contributed by atoms with Gasteiger partial charge in [0.2, 0.25) is 11.7 Å². The standard InChI is InChI=1S/C21H18BrF3N4O2/c22-16-7-3-13(4-8-16)18-27-19(31-28-18)14-2-1-11-29(12-14)20(30)26-17-9-5-15(6-10-17)21(23,24)25/h3-10,14H,1-2,11-12H2,(H,26,30). The number of alkyl halides is 3. The first-order chi connectivity index (χ1) is 14.8. The lowest BCUT2D eigenvalue weighted by Crippen LogP contribution is -2.41. The molecule has 1 atom stereocenters. The molecule has 31 heavy (non-hydrogen) atoms. The summed E-state index contributed by atoms with van der Waals surface area (Å²) in [4.78, 5) is 18.7. The summed E-state index contributed by atoms with van der Waals surface area (Å²) in [5.41, 5.74) is 0.364. The van der Waals surface area contributed by atoms with Crippen LogP contribution in [-0.4, -0.2) is 34.2 Å². The lowest BCUT2D eigenvalue weighted by molar-refractivity contribution is -0.137. The van der Waals surface area contributed by atoms with Gasteiger partial charge in [-0.05, 0) is 61.4 Å². The zero-order valence-electron chi connectivity index (χ0n) is 16.2. The van der Waals surface area contributed by atoms with Crippen LogP contribution in [0.1, 0.15) is 30.2 Å². The number of likely N-dealkylation sites (tertiary alicyclic amines) is 1. The molecule has 1 N–H and O–H groups in total. The van der Waals surface area contributed by atoms with Crippen molar-refractivity contribution >= 4 is 27.6 Å². The van der Waals surface area contributed by atoms with Gasteiger partial charge < -0.3 is 14.7 Å². The number of carbonyl (C=O) groups is 1. The highest BCUT2D eigenvalue weighted by atomic mass is 79.9. The summed E-state index contributed by atoms with van der Waals surface area (Å²) in [6.07, 6.45) is -2.87. The van der Waals surface area contributed by atoms with Crippen LogP contribution in [0.4, 0.5) is 23.7 Å². The van der Waals surface area contributed by atoms with Gasteiger partial charge in [0.25, 0.3) is 0 Å². The topological polar surface area (TPSA) is 71.3 Å². The van der Waals surface area contributed by atoms with Crippen molar-refractivity contribution in [3.05, 3.63) is 64.5 Å². The van der Waals surface area contributed by atoms with Crippen LogP contribution in [0.25, 0.3) is 11.4 Å². The van der Waals surface area contributed by atoms with E-state index in [1.807, 2.05) is 24.3 Å². The molecule has 1 aliphatic rings. The van der Waals surface area contributed by atoms with Crippen LogP contribution in [0.3, 0.4) is 0 Å². The molecule has 1 unspecified atom stereocenters. The van der Waals surface area contributed by atoms with E-state index in [0.29, 0.717) is 30.5 Å². The lowest BCUT2D eigenvalue weighted by Gasteiger charge is -2.31. The molecule has 2 aromatic carbocycles. The molecule has 0 radical (unpaired) electrons. The molecular weight excluding hydrogens is 477 g/mol. The highest BCUT2D eigenvalue weighted by Gasteiger charge is 2.31. The number of piperidine rings is 1. The number of aromatic nitrogens is 2. The van der Waals surface area contributed by atoms with Crippen molar-refractivity contribution in [2.45, 2.75) is 24.9 Å². The second-order valence-electron chi connectivity index (χ2n) is 7.25. The number of nitrogens with one attached hydrogen (secondary N) is 1. The van der Waals surface area contributed by atoms with Crippen molar-refractivity contribution in [1.29, 1.82) is 0 Å². The summed E-state index contributed by atoms with van der Waals surface area (Å²) >= 11 is 3.38. The fourth-order valence-corrected chi connectivity index (χ4v) is 3.69. The van der Waals surface area contributed by atoms with E-state index >= 15 is 0 Å². The minimum Gasteiger partial charge on any atom is -0.339 e. The highest BCUT2D eigenvalue weighted by Crippen LogP contribution is 2.31. The SMILES string of the molecule is O=C(Nc1ccc(C(F)(F)F)cc1)N1CCCC(c2nc(-c3ccc(Br)cc3)no2)C1. The third-order valence-corrected chi connectivity index (χ3v) is 5.59. The Labute approximate surface area is 184 Å². The van der Waals surface area contributed by atoms with Gasteiger partial charge in [0.1, 0.15) is 0 Å². The molecule has 6 nitrogen and oxygen atoms in total. The Hall–Kier alpha value is -2.88. The quantitative estimate of drug-likeness (QED) is 0.489. The van der Waals surface area contributed by atoms with E-state index in [9.17, 15) is 18.0 Å². The highest BCUT2D eigenvalue weighted by molar-refractivity contribution is 9.10. The first-order valence-corrected chi connectivity index (χ1v) is 10.4. The fourth-order valence-electron chi connectivity index (χ4n) is 3.43. The third kappa shape index (κ3) is 5.07. The molecule has 1 aliphatic heterocycles. The predicted octanol–water partition coefficient (Wildman–Crippen LogP) is 5.93. The van der Waals surface area contributed by atoms with Crippen molar-refractivity contribution in [1.82, 2.24) is 15.0 Å². The number of rotatable bonds is 3. The van der Waals surface area contributed by atoms with Gasteiger partial charge in [-0.15, -0.1) is 0 Å². The summed E-state index contributed by atoms with van der Waals surface area (Å²) in [5, 5.41) is 6.69. The van der Waals surface area contributed by atoms with Crippen molar-refractivity contribution in [2.24, 2.45) is 0 Å². The van der Waals surface area contributed by atoms with Crippen molar-refractivity contribution in [3.63, 3.8) is 0 Å². The largest absolute Gasteiger partial charge is 0.416 e. The molecule has 4 rings (SSSR count). The fraction of sp³-hybridized carbons (Fsp3) is 0.286. The van der Waals surface area contributed by atoms with Gasteiger partial charge in [0, 0.05) is 28.8 Å². The summed E-state index contributed by atoms with van der Waals surface area (Å²) in [7, 11) is 0. The van der Waals surface area contributed by atoms with E-state index in [-0.39, 0.29) is 11.9 Å². The first-order valence-electron chi connectivity index (χ1n) is 9.62. The molecule has 1 fully saturated rings. The van der Waals surface area contributed by atoms with E-state index in [1.54, 1.807) is 4.90 Å². The lowest BCUT2D eigenvalue weighted by atomic mass is 9.98. The molecular formula is C21H18BrF3N4O2. The van der Waals surface area contributed by atoms with Crippen molar-refractivity contribution in [3.8, 4) is 11.4 Å². The first kappa shape index (κ1) is 21.4. The molecule has 2 amide bonds. The smallest absolute Gasteiger partial charge is 0.339 e. The normalized spacial score (nSPS) is 16.9. The summed E-state index contributed by atoms with van der Waals surface area (Å²) < 4.78 is 44.5. The van der Waals surface area contributed by atoms with Gasteiger partial charge >= 0.3 is 12.2 Å². The van der Waals surface area contributed by atoms with Gasteiger partial charge in [-0.2, -0.15) is 18.2 Å². The molecule has 162 valence electrons. The minimum absolute atomic E-state index is 0.108.